The van der Waals surface area contributed by atoms with Crippen molar-refractivity contribution in [2.75, 3.05) is 12.4 Å². The zero-order chi connectivity index (χ0) is 17.1. The molecule has 0 bridgehead atoms. The van der Waals surface area contributed by atoms with Crippen LogP contribution in [-0.4, -0.2) is 23.2 Å². The summed E-state index contributed by atoms with van der Waals surface area (Å²) in [5.74, 6) is 0.423. The van der Waals surface area contributed by atoms with E-state index < -0.39 is 5.91 Å². The zero-order valence-electron chi connectivity index (χ0n) is 13.0. The molecule has 0 fully saturated rings. The molecule has 0 aliphatic rings. The van der Waals surface area contributed by atoms with E-state index >= 15 is 0 Å². The van der Waals surface area contributed by atoms with Crippen LogP contribution in [0.1, 0.15) is 16.2 Å². The molecule has 3 aromatic rings. The van der Waals surface area contributed by atoms with Gasteiger partial charge in [-0.2, -0.15) is 0 Å². The van der Waals surface area contributed by atoms with Gasteiger partial charge in [0.2, 0.25) is 5.89 Å². The number of nitrogens with one attached hydrogen (secondary N) is 1. The highest BCUT2D eigenvalue weighted by Gasteiger charge is 2.17. The van der Waals surface area contributed by atoms with Crippen LogP contribution in [-0.2, 0) is 0 Å². The maximum atomic E-state index is 12.2. The van der Waals surface area contributed by atoms with Gasteiger partial charge in [0.05, 0.1) is 12.8 Å². The molecule has 24 heavy (non-hydrogen) atoms. The fourth-order valence-corrected chi connectivity index (χ4v) is 2.65. The number of nitrogens with zero attached hydrogens (tertiary/aromatic N) is 2. The fraction of sp³-hybridized carbons (Fsp3) is 0.118. The van der Waals surface area contributed by atoms with Gasteiger partial charge in [0, 0.05) is 10.0 Å². The summed E-state index contributed by atoms with van der Waals surface area (Å²) in [6.45, 7) is 1.97. The normalized spacial score (nSPS) is 10.5. The molecule has 0 radical (unpaired) electrons. The van der Waals surface area contributed by atoms with Crippen molar-refractivity contribution in [1.82, 2.24) is 10.2 Å². The van der Waals surface area contributed by atoms with E-state index in [0.717, 1.165) is 15.8 Å². The first-order valence-electron chi connectivity index (χ1n) is 7.12. The fourth-order valence-electron chi connectivity index (χ4n) is 2.06. The second-order valence-corrected chi connectivity index (χ2v) is 5.93. The van der Waals surface area contributed by atoms with Gasteiger partial charge in [-0.05, 0) is 64.8 Å². The average molecular weight is 388 g/mol. The lowest BCUT2D eigenvalue weighted by molar-refractivity contribution is 0.0990. The summed E-state index contributed by atoms with van der Waals surface area (Å²) in [6, 6.07) is 12.7. The number of aromatic nitrogens is 2. The van der Waals surface area contributed by atoms with Crippen molar-refractivity contribution < 1.29 is 13.9 Å². The number of anilines is 1. The third-order valence-corrected chi connectivity index (χ3v) is 3.99. The molecular formula is C17H14BrN3O3. The Morgan fingerprint density at radius 3 is 2.58 bits per heavy atom. The molecule has 7 heteroatoms. The van der Waals surface area contributed by atoms with Gasteiger partial charge in [0.15, 0.2) is 0 Å². The summed E-state index contributed by atoms with van der Waals surface area (Å²) in [6.07, 6.45) is 0. The van der Waals surface area contributed by atoms with Crippen LogP contribution in [0.3, 0.4) is 0 Å². The van der Waals surface area contributed by atoms with Gasteiger partial charge in [0.1, 0.15) is 5.75 Å². The molecular weight excluding hydrogens is 374 g/mol. The Bertz CT molecular complexity index is 875. The molecule has 0 atom stereocenters. The van der Waals surface area contributed by atoms with E-state index in [1.54, 1.807) is 37.4 Å². The molecule has 1 N–H and O–H groups in total. The monoisotopic (exact) mass is 387 g/mol. The Kier molecular flexibility index (Phi) is 4.61. The van der Waals surface area contributed by atoms with E-state index in [0.29, 0.717) is 11.3 Å². The Hall–Kier alpha value is -2.67. The third-order valence-electron chi connectivity index (χ3n) is 3.33. The number of amides is 1. The summed E-state index contributed by atoms with van der Waals surface area (Å²) in [5.41, 5.74) is 2.42. The van der Waals surface area contributed by atoms with E-state index in [1.165, 1.54) is 0 Å². The first kappa shape index (κ1) is 16.2. The molecule has 0 unspecified atom stereocenters. The molecule has 0 saturated heterocycles. The molecule has 2 aromatic carbocycles. The van der Waals surface area contributed by atoms with Crippen molar-refractivity contribution in [2.24, 2.45) is 0 Å². The second kappa shape index (κ2) is 6.84. The largest absolute Gasteiger partial charge is 0.497 e. The molecule has 1 amide bonds. The van der Waals surface area contributed by atoms with Crippen molar-refractivity contribution >= 4 is 27.5 Å². The summed E-state index contributed by atoms with van der Waals surface area (Å²) >= 11 is 3.41. The van der Waals surface area contributed by atoms with Crippen molar-refractivity contribution in [3.8, 4) is 17.2 Å². The Morgan fingerprint density at radius 2 is 1.92 bits per heavy atom. The summed E-state index contributed by atoms with van der Waals surface area (Å²) in [7, 11) is 1.59. The summed E-state index contributed by atoms with van der Waals surface area (Å²) in [4.78, 5) is 12.2. The molecule has 3 rings (SSSR count). The Balaban J connectivity index is 1.77. The highest BCUT2D eigenvalue weighted by atomic mass is 79.9. The van der Waals surface area contributed by atoms with Crippen molar-refractivity contribution in [3.05, 3.63) is 58.4 Å². The molecule has 0 aliphatic heterocycles. The van der Waals surface area contributed by atoms with Gasteiger partial charge in [0.25, 0.3) is 0 Å². The van der Waals surface area contributed by atoms with Crippen LogP contribution in [0, 0.1) is 6.92 Å². The van der Waals surface area contributed by atoms with Crippen molar-refractivity contribution in [1.29, 1.82) is 0 Å². The third kappa shape index (κ3) is 3.46. The number of hydrogen-bond donors (Lipinski definition) is 1. The molecule has 6 nitrogen and oxygen atoms in total. The maximum Gasteiger partial charge on any atom is 0.313 e. The predicted molar refractivity (Wildman–Crippen MR) is 93.1 cm³/mol. The first-order valence-corrected chi connectivity index (χ1v) is 7.91. The lowest BCUT2D eigenvalue weighted by Crippen LogP contribution is -2.12. The van der Waals surface area contributed by atoms with E-state index in [4.69, 9.17) is 9.15 Å². The molecule has 0 saturated carbocycles. The summed E-state index contributed by atoms with van der Waals surface area (Å²) < 4.78 is 11.3. The summed E-state index contributed by atoms with van der Waals surface area (Å²) in [5, 5.41) is 10.4. The number of halogens is 1. The van der Waals surface area contributed by atoms with Crippen LogP contribution in [0.4, 0.5) is 5.69 Å². The van der Waals surface area contributed by atoms with Crippen LogP contribution in [0.25, 0.3) is 11.5 Å². The molecule has 1 heterocycles. The van der Waals surface area contributed by atoms with E-state index in [9.17, 15) is 4.79 Å². The van der Waals surface area contributed by atoms with Crippen LogP contribution in [0.2, 0.25) is 0 Å². The minimum absolute atomic E-state index is 0.103. The minimum atomic E-state index is -0.466. The average Bonchev–Trinajstić information content (AvgIpc) is 3.07. The Labute approximate surface area is 147 Å². The minimum Gasteiger partial charge on any atom is -0.497 e. The highest BCUT2D eigenvalue weighted by Crippen LogP contribution is 2.25. The van der Waals surface area contributed by atoms with E-state index in [1.807, 2.05) is 19.1 Å². The number of methoxy groups -OCH3 is 1. The zero-order valence-corrected chi connectivity index (χ0v) is 14.6. The number of carbonyl (C=O) groups excluding carboxylic acids is 1. The second-order valence-electron chi connectivity index (χ2n) is 5.08. The van der Waals surface area contributed by atoms with Gasteiger partial charge >= 0.3 is 11.8 Å². The number of aryl methyl sites for hydroxylation is 1. The molecule has 122 valence electrons. The smallest absolute Gasteiger partial charge is 0.313 e. The lowest BCUT2D eigenvalue weighted by Gasteiger charge is -2.05. The SMILES string of the molecule is COc1ccc(-c2nnc(C(=O)Nc3ccc(C)cc3Br)o2)cc1. The van der Waals surface area contributed by atoms with Crippen molar-refractivity contribution in [3.63, 3.8) is 0 Å². The highest BCUT2D eigenvalue weighted by molar-refractivity contribution is 9.10. The van der Waals surface area contributed by atoms with Crippen LogP contribution < -0.4 is 10.1 Å². The van der Waals surface area contributed by atoms with Crippen LogP contribution in [0.15, 0.2) is 51.4 Å². The quantitative estimate of drug-likeness (QED) is 0.729. The number of carbonyl (C=O) groups is 1. The van der Waals surface area contributed by atoms with E-state index in [2.05, 4.69) is 31.4 Å². The van der Waals surface area contributed by atoms with Gasteiger partial charge in [-0.1, -0.05) is 6.07 Å². The van der Waals surface area contributed by atoms with Gasteiger partial charge in [-0.25, -0.2) is 0 Å². The topological polar surface area (TPSA) is 77.2 Å². The first-order chi connectivity index (χ1) is 11.6. The number of rotatable bonds is 4. The number of hydrogen-bond acceptors (Lipinski definition) is 5. The standard InChI is InChI=1S/C17H14BrN3O3/c1-10-3-8-14(13(18)9-10)19-15(22)17-21-20-16(24-17)11-4-6-12(23-2)7-5-11/h3-9H,1-2H3,(H,19,22). The molecule has 1 aromatic heterocycles. The number of ether oxygens (including phenoxy) is 1. The predicted octanol–water partition coefficient (Wildman–Crippen LogP) is 4.07. The van der Waals surface area contributed by atoms with Gasteiger partial charge in [-0.3, -0.25) is 4.79 Å². The van der Waals surface area contributed by atoms with Crippen LogP contribution >= 0.6 is 15.9 Å². The van der Waals surface area contributed by atoms with Crippen LogP contribution in [0.5, 0.6) is 5.75 Å². The molecule has 0 spiro atoms. The van der Waals surface area contributed by atoms with Gasteiger partial charge in [-0.15, -0.1) is 10.2 Å². The molecule has 0 aliphatic carbocycles. The van der Waals surface area contributed by atoms with Gasteiger partial charge < -0.3 is 14.5 Å². The van der Waals surface area contributed by atoms with Crippen molar-refractivity contribution in [2.45, 2.75) is 6.92 Å². The number of benzene rings is 2. The Morgan fingerprint density at radius 1 is 1.17 bits per heavy atom. The maximum absolute atomic E-state index is 12.2. The van der Waals surface area contributed by atoms with E-state index in [-0.39, 0.29) is 11.8 Å². The lowest BCUT2D eigenvalue weighted by atomic mass is 10.2.